The molecule has 24 heavy (non-hydrogen) atoms. The number of sulfone groups is 1. The van der Waals surface area contributed by atoms with Gasteiger partial charge in [0.05, 0.1) is 4.90 Å². The molecule has 1 amide bonds. The maximum absolute atomic E-state index is 12.2. The summed E-state index contributed by atoms with van der Waals surface area (Å²) >= 11 is 5.75. The molecule has 0 spiro atoms. The van der Waals surface area contributed by atoms with Crippen molar-refractivity contribution in [3.63, 3.8) is 0 Å². The van der Waals surface area contributed by atoms with Crippen LogP contribution in [0, 0.1) is 0 Å². The molecule has 1 saturated carbocycles. The Kier molecular flexibility index (Phi) is 7.52. The summed E-state index contributed by atoms with van der Waals surface area (Å²) in [6, 6.07) is 6.35. The summed E-state index contributed by atoms with van der Waals surface area (Å²) in [5.74, 6) is -1.02. The van der Waals surface area contributed by atoms with Crippen LogP contribution >= 0.6 is 11.6 Å². The van der Waals surface area contributed by atoms with Crippen molar-refractivity contribution in [2.24, 2.45) is 0 Å². The second-order valence-electron chi connectivity index (χ2n) is 6.21. The standard InChI is InChI=1S/C17H25ClN2O3S/c18-14-7-9-16(10-8-14)24(22,23)13-17(21)20-12-11-19-15-5-3-1-2-4-6-15/h7-10,15,19H,1-6,11-13H2,(H,20,21). The van der Waals surface area contributed by atoms with Crippen molar-refractivity contribution in [1.29, 1.82) is 0 Å². The van der Waals surface area contributed by atoms with Crippen molar-refractivity contribution in [2.75, 3.05) is 18.8 Å². The Balaban J connectivity index is 1.71. The van der Waals surface area contributed by atoms with Gasteiger partial charge in [-0.15, -0.1) is 0 Å². The van der Waals surface area contributed by atoms with Crippen LogP contribution in [0.5, 0.6) is 0 Å². The molecule has 134 valence electrons. The minimum Gasteiger partial charge on any atom is -0.354 e. The van der Waals surface area contributed by atoms with E-state index in [4.69, 9.17) is 11.6 Å². The van der Waals surface area contributed by atoms with E-state index >= 15 is 0 Å². The number of rotatable bonds is 7. The molecule has 1 aromatic carbocycles. The summed E-state index contributed by atoms with van der Waals surface area (Å²) in [4.78, 5) is 12.0. The molecule has 0 saturated heterocycles. The Morgan fingerprint density at radius 2 is 1.67 bits per heavy atom. The van der Waals surface area contributed by atoms with Crippen molar-refractivity contribution in [3.8, 4) is 0 Å². The highest BCUT2D eigenvalue weighted by molar-refractivity contribution is 7.92. The molecular formula is C17H25ClN2O3S. The molecule has 0 heterocycles. The van der Waals surface area contributed by atoms with Gasteiger partial charge in [0.2, 0.25) is 5.91 Å². The maximum Gasteiger partial charge on any atom is 0.235 e. The predicted molar refractivity (Wildman–Crippen MR) is 96.0 cm³/mol. The van der Waals surface area contributed by atoms with Gasteiger partial charge in [-0.2, -0.15) is 0 Å². The number of carbonyl (C=O) groups is 1. The predicted octanol–water partition coefficient (Wildman–Crippen LogP) is 2.54. The lowest BCUT2D eigenvalue weighted by Crippen LogP contribution is -2.38. The topological polar surface area (TPSA) is 75.3 Å². The molecule has 0 aliphatic heterocycles. The van der Waals surface area contributed by atoms with Crippen LogP contribution in [0.25, 0.3) is 0 Å². The lowest BCUT2D eigenvalue weighted by atomic mass is 10.1. The van der Waals surface area contributed by atoms with Crippen LogP contribution in [0.1, 0.15) is 38.5 Å². The Labute approximate surface area is 149 Å². The zero-order chi connectivity index (χ0) is 17.4. The molecule has 0 atom stereocenters. The van der Waals surface area contributed by atoms with Gasteiger partial charge in [-0.3, -0.25) is 4.79 Å². The van der Waals surface area contributed by atoms with Crippen molar-refractivity contribution in [1.82, 2.24) is 10.6 Å². The number of hydrogen-bond acceptors (Lipinski definition) is 4. The van der Waals surface area contributed by atoms with Crippen LogP contribution in [0.2, 0.25) is 5.02 Å². The van der Waals surface area contributed by atoms with Crippen LogP contribution in [0.4, 0.5) is 0 Å². The SMILES string of the molecule is O=C(CS(=O)(=O)c1ccc(Cl)cc1)NCCNC1CCCCCC1. The summed E-state index contributed by atoms with van der Waals surface area (Å²) in [5, 5.41) is 6.57. The Bertz CT molecular complexity index is 624. The molecule has 0 aromatic heterocycles. The molecule has 0 radical (unpaired) electrons. The average Bonchev–Trinajstić information content (AvgIpc) is 2.80. The Hall–Kier alpha value is -1.11. The lowest BCUT2D eigenvalue weighted by molar-refractivity contribution is -0.118. The number of halogens is 1. The number of amides is 1. The fourth-order valence-corrected chi connectivity index (χ4v) is 4.20. The van der Waals surface area contributed by atoms with Crippen LogP contribution in [-0.2, 0) is 14.6 Å². The minimum absolute atomic E-state index is 0.110. The molecule has 1 aliphatic rings. The van der Waals surface area contributed by atoms with Crippen LogP contribution in [0.15, 0.2) is 29.2 Å². The summed E-state index contributed by atoms with van der Waals surface area (Å²) in [6.45, 7) is 1.10. The third kappa shape index (κ3) is 6.42. The summed E-state index contributed by atoms with van der Waals surface area (Å²) in [6.07, 6.45) is 7.47. The van der Waals surface area contributed by atoms with Crippen molar-refractivity contribution in [3.05, 3.63) is 29.3 Å². The van der Waals surface area contributed by atoms with E-state index in [1.165, 1.54) is 62.8 Å². The maximum atomic E-state index is 12.2. The highest BCUT2D eigenvalue weighted by Crippen LogP contribution is 2.17. The first-order valence-corrected chi connectivity index (χ1v) is 10.5. The number of carbonyl (C=O) groups excluding carboxylic acids is 1. The zero-order valence-electron chi connectivity index (χ0n) is 13.8. The Morgan fingerprint density at radius 1 is 1.04 bits per heavy atom. The normalized spacial score (nSPS) is 16.5. The molecule has 1 aromatic rings. The van der Waals surface area contributed by atoms with E-state index in [1.807, 2.05) is 0 Å². The summed E-state index contributed by atoms with van der Waals surface area (Å²) < 4.78 is 24.3. The van der Waals surface area contributed by atoms with E-state index in [-0.39, 0.29) is 4.90 Å². The third-order valence-corrected chi connectivity index (χ3v) is 6.11. The zero-order valence-corrected chi connectivity index (χ0v) is 15.3. The smallest absolute Gasteiger partial charge is 0.235 e. The fraction of sp³-hybridized carbons (Fsp3) is 0.588. The summed E-state index contributed by atoms with van der Waals surface area (Å²) in [5.41, 5.74) is 0. The highest BCUT2D eigenvalue weighted by Gasteiger charge is 2.19. The number of benzene rings is 1. The first kappa shape index (κ1) is 19.2. The molecule has 2 N–H and O–H groups in total. The van der Waals surface area contributed by atoms with Gasteiger partial charge in [-0.05, 0) is 37.1 Å². The third-order valence-electron chi connectivity index (χ3n) is 4.23. The molecule has 0 unspecified atom stereocenters. The number of hydrogen-bond donors (Lipinski definition) is 2. The largest absolute Gasteiger partial charge is 0.354 e. The lowest BCUT2D eigenvalue weighted by Gasteiger charge is -2.16. The van der Waals surface area contributed by atoms with Crippen LogP contribution < -0.4 is 10.6 Å². The van der Waals surface area contributed by atoms with Gasteiger partial charge >= 0.3 is 0 Å². The van der Waals surface area contributed by atoms with E-state index in [0.717, 1.165) is 0 Å². The molecule has 2 rings (SSSR count). The minimum atomic E-state index is -3.63. The van der Waals surface area contributed by atoms with E-state index < -0.39 is 21.5 Å². The molecule has 1 fully saturated rings. The second kappa shape index (κ2) is 9.39. The number of nitrogens with one attached hydrogen (secondary N) is 2. The monoisotopic (exact) mass is 372 g/mol. The molecule has 7 heteroatoms. The molecule has 5 nitrogen and oxygen atoms in total. The first-order chi connectivity index (χ1) is 11.5. The van der Waals surface area contributed by atoms with Crippen molar-refractivity contribution < 1.29 is 13.2 Å². The fourth-order valence-electron chi connectivity index (χ4n) is 2.91. The van der Waals surface area contributed by atoms with Gasteiger partial charge in [-0.1, -0.05) is 37.3 Å². The van der Waals surface area contributed by atoms with Crippen molar-refractivity contribution in [2.45, 2.75) is 49.5 Å². The van der Waals surface area contributed by atoms with Crippen LogP contribution in [-0.4, -0.2) is 39.2 Å². The van der Waals surface area contributed by atoms with Gasteiger partial charge in [0.15, 0.2) is 9.84 Å². The first-order valence-electron chi connectivity index (χ1n) is 8.46. The van der Waals surface area contributed by atoms with E-state index in [1.54, 1.807) is 0 Å². The van der Waals surface area contributed by atoms with E-state index in [0.29, 0.717) is 24.2 Å². The van der Waals surface area contributed by atoms with E-state index in [9.17, 15) is 13.2 Å². The van der Waals surface area contributed by atoms with Crippen molar-refractivity contribution >= 4 is 27.3 Å². The van der Waals surface area contributed by atoms with E-state index in [2.05, 4.69) is 10.6 Å². The second-order valence-corrected chi connectivity index (χ2v) is 8.63. The molecule has 0 bridgehead atoms. The van der Waals surface area contributed by atoms with Gasteiger partial charge in [0.1, 0.15) is 5.75 Å². The van der Waals surface area contributed by atoms with Crippen LogP contribution in [0.3, 0.4) is 0 Å². The molecule has 1 aliphatic carbocycles. The molecular weight excluding hydrogens is 348 g/mol. The van der Waals surface area contributed by atoms with Gasteiger partial charge in [0.25, 0.3) is 0 Å². The van der Waals surface area contributed by atoms with Gasteiger partial charge < -0.3 is 10.6 Å². The highest BCUT2D eigenvalue weighted by atomic mass is 35.5. The summed E-state index contributed by atoms with van der Waals surface area (Å²) in [7, 11) is -3.63. The average molecular weight is 373 g/mol. The van der Waals surface area contributed by atoms with Gasteiger partial charge in [0, 0.05) is 24.2 Å². The van der Waals surface area contributed by atoms with Gasteiger partial charge in [-0.25, -0.2) is 8.42 Å². The Morgan fingerprint density at radius 3 is 2.29 bits per heavy atom. The quantitative estimate of drug-likeness (QED) is 0.569.